The number of nitrogens with one attached hydrogen (secondary N) is 1. The van der Waals surface area contributed by atoms with E-state index >= 15 is 0 Å². The van der Waals surface area contributed by atoms with Gasteiger partial charge in [-0.05, 0) is 44.0 Å². The summed E-state index contributed by atoms with van der Waals surface area (Å²) in [5.74, 6) is 1.40. The first kappa shape index (κ1) is 16.0. The van der Waals surface area contributed by atoms with Crippen LogP contribution in [-0.4, -0.2) is 42.0 Å². The Hall–Kier alpha value is -1.92. The van der Waals surface area contributed by atoms with Crippen LogP contribution in [0.15, 0.2) is 40.1 Å². The summed E-state index contributed by atoms with van der Waals surface area (Å²) in [6, 6.07) is 3.86. The molecule has 2 aromatic heterocycles. The van der Waals surface area contributed by atoms with Gasteiger partial charge < -0.3 is 9.73 Å². The maximum absolute atomic E-state index is 11.9. The predicted octanol–water partition coefficient (Wildman–Crippen LogP) is 2.89. The summed E-state index contributed by atoms with van der Waals surface area (Å²) in [6.07, 6.45) is 6.51. The fraction of sp³-hybridized carbons (Fsp3) is 0.412. The maximum Gasteiger partial charge on any atom is 0.263 e. The van der Waals surface area contributed by atoms with Crippen molar-refractivity contribution in [3.63, 3.8) is 0 Å². The molecule has 1 unspecified atom stereocenters. The quantitative estimate of drug-likeness (QED) is 0.884. The normalized spacial score (nSPS) is 19.2. The fourth-order valence-corrected chi connectivity index (χ4v) is 3.43. The lowest BCUT2D eigenvalue weighted by Crippen LogP contribution is -2.31. The van der Waals surface area contributed by atoms with Crippen molar-refractivity contribution < 1.29 is 9.21 Å². The van der Waals surface area contributed by atoms with Gasteiger partial charge in [0, 0.05) is 19.6 Å². The summed E-state index contributed by atoms with van der Waals surface area (Å²) in [7, 11) is 0. The van der Waals surface area contributed by atoms with E-state index in [9.17, 15) is 4.79 Å². The van der Waals surface area contributed by atoms with Crippen molar-refractivity contribution in [1.29, 1.82) is 0 Å². The Morgan fingerprint density at radius 3 is 3.26 bits per heavy atom. The molecule has 0 saturated carbocycles. The number of aromatic nitrogens is 1. The molecule has 1 aliphatic rings. The highest BCUT2D eigenvalue weighted by Gasteiger charge is 2.23. The topological polar surface area (TPSA) is 58.4 Å². The number of hydrogen-bond donors (Lipinski definition) is 1. The molecule has 3 heterocycles. The molecule has 23 heavy (non-hydrogen) atoms. The molecule has 1 saturated heterocycles. The van der Waals surface area contributed by atoms with E-state index < -0.39 is 0 Å². The second kappa shape index (κ2) is 7.57. The van der Waals surface area contributed by atoms with Gasteiger partial charge in [0.25, 0.3) is 5.91 Å². The molecule has 5 nitrogen and oxygen atoms in total. The number of carbonyl (C=O) groups is 1. The summed E-state index contributed by atoms with van der Waals surface area (Å²) in [5, 5.41) is 3.01. The first-order chi connectivity index (χ1) is 11.2. The maximum atomic E-state index is 11.9. The van der Waals surface area contributed by atoms with Crippen LogP contribution >= 0.6 is 11.3 Å². The molecular formula is C17H21N3O2S. The molecule has 122 valence electrons. The van der Waals surface area contributed by atoms with Gasteiger partial charge in [0.1, 0.15) is 10.6 Å². The van der Waals surface area contributed by atoms with E-state index in [2.05, 4.69) is 28.2 Å². The number of amides is 1. The Bertz CT molecular complexity index is 649. The molecule has 1 aliphatic heterocycles. The number of carbonyl (C=O) groups excluding carboxylic acids is 1. The third-order valence-corrected chi connectivity index (χ3v) is 4.75. The number of furan rings is 1. The average Bonchev–Trinajstić information content (AvgIpc) is 3.27. The van der Waals surface area contributed by atoms with Crippen molar-refractivity contribution in [2.45, 2.75) is 13.3 Å². The molecule has 1 N–H and O–H groups in total. The SMILES string of the molecule is C/C(=C\c1ccco1)CN1CCC(CNC(=O)c2cncs2)C1. The largest absolute Gasteiger partial charge is 0.465 e. The second-order valence-electron chi connectivity index (χ2n) is 5.97. The minimum absolute atomic E-state index is 0.0140. The highest BCUT2D eigenvalue weighted by atomic mass is 32.1. The minimum Gasteiger partial charge on any atom is -0.465 e. The van der Waals surface area contributed by atoms with Crippen molar-refractivity contribution in [3.05, 3.63) is 46.3 Å². The Kier molecular flexibility index (Phi) is 5.25. The molecule has 1 fully saturated rings. The zero-order valence-electron chi connectivity index (χ0n) is 13.2. The van der Waals surface area contributed by atoms with E-state index in [1.54, 1.807) is 18.0 Å². The Balaban J connectivity index is 1.42. The zero-order chi connectivity index (χ0) is 16.1. The molecule has 0 bridgehead atoms. The standard InChI is InChI=1S/C17H21N3O2S/c1-13(7-15-3-2-6-22-15)10-20-5-4-14(11-20)8-19-17(21)16-9-18-12-23-16/h2-3,6-7,9,12,14H,4-5,8,10-11H2,1H3,(H,19,21)/b13-7+. The van der Waals surface area contributed by atoms with Crippen molar-refractivity contribution >= 4 is 23.3 Å². The van der Waals surface area contributed by atoms with Crippen molar-refractivity contribution in [3.8, 4) is 0 Å². The number of thiazole rings is 1. The van der Waals surface area contributed by atoms with Crippen molar-refractivity contribution in [1.82, 2.24) is 15.2 Å². The van der Waals surface area contributed by atoms with E-state index in [0.717, 1.165) is 38.4 Å². The lowest BCUT2D eigenvalue weighted by atomic mass is 10.1. The van der Waals surface area contributed by atoms with E-state index in [1.807, 2.05) is 12.1 Å². The summed E-state index contributed by atoms with van der Waals surface area (Å²) in [4.78, 5) is 19.0. The molecule has 0 radical (unpaired) electrons. The molecule has 1 amide bonds. The van der Waals surface area contributed by atoms with E-state index in [4.69, 9.17) is 4.42 Å². The third-order valence-electron chi connectivity index (χ3n) is 3.98. The minimum atomic E-state index is -0.0140. The van der Waals surface area contributed by atoms with Gasteiger partial charge in [-0.15, -0.1) is 11.3 Å². The van der Waals surface area contributed by atoms with E-state index in [-0.39, 0.29) is 5.91 Å². The number of likely N-dealkylation sites (tertiary alicyclic amines) is 1. The Morgan fingerprint density at radius 2 is 2.52 bits per heavy atom. The van der Waals surface area contributed by atoms with Gasteiger partial charge in [-0.1, -0.05) is 5.57 Å². The van der Waals surface area contributed by atoms with Gasteiger partial charge >= 0.3 is 0 Å². The Labute approximate surface area is 140 Å². The van der Waals surface area contributed by atoms with Crippen LogP contribution in [0.25, 0.3) is 6.08 Å². The van der Waals surface area contributed by atoms with Crippen LogP contribution in [0.4, 0.5) is 0 Å². The summed E-state index contributed by atoms with van der Waals surface area (Å²) < 4.78 is 5.34. The van der Waals surface area contributed by atoms with Gasteiger partial charge in [-0.2, -0.15) is 0 Å². The average molecular weight is 331 g/mol. The first-order valence-corrected chi connectivity index (χ1v) is 8.68. The van der Waals surface area contributed by atoms with Gasteiger partial charge in [0.15, 0.2) is 0 Å². The number of hydrogen-bond acceptors (Lipinski definition) is 5. The van der Waals surface area contributed by atoms with Crippen LogP contribution in [0.1, 0.15) is 28.8 Å². The van der Waals surface area contributed by atoms with E-state index in [0.29, 0.717) is 10.8 Å². The monoisotopic (exact) mass is 331 g/mol. The van der Waals surface area contributed by atoms with E-state index in [1.165, 1.54) is 16.9 Å². The zero-order valence-corrected chi connectivity index (χ0v) is 14.0. The molecule has 1 atom stereocenters. The molecule has 0 aromatic carbocycles. The molecule has 6 heteroatoms. The van der Waals surface area contributed by atoms with Gasteiger partial charge in [-0.25, -0.2) is 0 Å². The van der Waals surface area contributed by atoms with Gasteiger partial charge in [0.2, 0.25) is 0 Å². The van der Waals surface area contributed by atoms with Crippen LogP contribution in [0.5, 0.6) is 0 Å². The second-order valence-corrected chi connectivity index (χ2v) is 6.86. The van der Waals surface area contributed by atoms with Crippen molar-refractivity contribution in [2.75, 3.05) is 26.2 Å². The predicted molar refractivity (Wildman–Crippen MR) is 91.4 cm³/mol. The third kappa shape index (κ3) is 4.53. The lowest BCUT2D eigenvalue weighted by Gasteiger charge is -2.16. The number of nitrogens with zero attached hydrogens (tertiary/aromatic N) is 2. The number of rotatable bonds is 6. The first-order valence-electron chi connectivity index (χ1n) is 7.80. The lowest BCUT2D eigenvalue weighted by molar-refractivity contribution is 0.0951. The summed E-state index contributed by atoms with van der Waals surface area (Å²) in [6.45, 7) is 5.90. The smallest absolute Gasteiger partial charge is 0.263 e. The van der Waals surface area contributed by atoms with Gasteiger partial charge in [-0.3, -0.25) is 14.7 Å². The molecule has 0 spiro atoms. The highest BCUT2D eigenvalue weighted by molar-refractivity contribution is 7.11. The van der Waals surface area contributed by atoms with Crippen LogP contribution < -0.4 is 5.32 Å². The highest BCUT2D eigenvalue weighted by Crippen LogP contribution is 2.18. The molecule has 0 aliphatic carbocycles. The molecule has 2 aromatic rings. The fourth-order valence-electron chi connectivity index (χ4n) is 2.89. The molecular weight excluding hydrogens is 310 g/mol. The van der Waals surface area contributed by atoms with Crippen LogP contribution in [0.2, 0.25) is 0 Å². The van der Waals surface area contributed by atoms with Crippen LogP contribution in [-0.2, 0) is 0 Å². The summed E-state index contributed by atoms with van der Waals surface area (Å²) >= 11 is 1.37. The molecule has 3 rings (SSSR count). The summed E-state index contributed by atoms with van der Waals surface area (Å²) in [5.41, 5.74) is 2.97. The van der Waals surface area contributed by atoms with Crippen molar-refractivity contribution in [2.24, 2.45) is 5.92 Å². The van der Waals surface area contributed by atoms with Gasteiger partial charge in [0.05, 0.1) is 18.0 Å². The Morgan fingerprint density at radius 1 is 1.61 bits per heavy atom. The van der Waals surface area contributed by atoms with Crippen LogP contribution in [0.3, 0.4) is 0 Å². The van der Waals surface area contributed by atoms with Crippen LogP contribution in [0, 0.1) is 5.92 Å².